The normalized spacial score (nSPS) is 31.4. The van der Waals surface area contributed by atoms with E-state index >= 15 is 0 Å². The highest BCUT2D eigenvalue weighted by Crippen LogP contribution is 2.60. The Kier molecular flexibility index (Phi) is 4.36. The molecular weight excluding hydrogens is 320 g/mol. The molecule has 0 saturated heterocycles. The van der Waals surface area contributed by atoms with Crippen LogP contribution in [0.4, 0.5) is 0 Å². The molecule has 5 nitrogen and oxygen atoms in total. The number of aliphatic hydroxyl groups is 2. The summed E-state index contributed by atoms with van der Waals surface area (Å²) in [5, 5.41) is 31.0. The van der Waals surface area contributed by atoms with E-state index in [0.717, 1.165) is 25.5 Å². The zero-order chi connectivity index (χ0) is 18.6. The van der Waals surface area contributed by atoms with Crippen molar-refractivity contribution in [2.45, 2.75) is 64.6 Å². The van der Waals surface area contributed by atoms with E-state index in [-0.39, 0.29) is 35.4 Å². The number of aromatic hydroxyl groups is 1. The van der Waals surface area contributed by atoms with E-state index in [1.165, 1.54) is 0 Å². The molecule has 25 heavy (non-hydrogen) atoms. The Balaban J connectivity index is 2.28. The molecule has 1 heterocycles. The van der Waals surface area contributed by atoms with Gasteiger partial charge in [0.05, 0.1) is 0 Å². The minimum atomic E-state index is -1.04. The first-order valence-corrected chi connectivity index (χ1v) is 8.98. The van der Waals surface area contributed by atoms with Gasteiger partial charge in [-0.1, -0.05) is 34.1 Å². The predicted octanol–water partition coefficient (Wildman–Crippen LogP) is 3.10. The molecule has 0 aromatic heterocycles. The summed E-state index contributed by atoms with van der Waals surface area (Å²) >= 11 is 0. The molecule has 1 aromatic rings. The summed E-state index contributed by atoms with van der Waals surface area (Å²) in [5.74, 6) is -0.383. The van der Waals surface area contributed by atoms with E-state index in [0.29, 0.717) is 16.7 Å². The maximum Gasteiger partial charge on any atom is 0.201 e. The molecule has 1 aliphatic carbocycles. The van der Waals surface area contributed by atoms with Crippen LogP contribution in [-0.4, -0.2) is 34.5 Å². The lowest BCUT2D eigenvalue weighted by molar-refractivity contribution is -0.156. The Labute approximate surface area is 148 Å². The van der Waals surface area contributed by atoms with Crippen molar-refractivity contribution in [1.29, 1.82) is 0 Å². The summed E-state index contributed by atoms with van der Waals surface area (Å²) in [6, 6.07) is 1.66. The van der Waals surface area contributed by atoms with Gasteiger partial charge in [0.2, 0.25) is 6.29 Å². The van der Waals surface area contributed by atoms with Gasteiger partial charge in [-0.3, -0.25) is 4.79 Å². The topological polar surface area (TPSA) is 87.0 Å². The van der Waals surface area contributed by atoms with E-state index in [1.54, 1.807) is 13.0 Å². The number of hydrogen-bond donors (Lipinski definition) is 3. The van der Waals surface area contributed by atoms with Crippen LogP contribution in [0.15, 0.2) is 6.07 Å². The first-order chi connectivity index (χ1) is 11.7. The van der Waals surface area contributed by atoms with Gasteiger partial charge in [-0.05, 0) is 24.3 Å². The summed E-state index contributed by atoms with van der Waals surface area (Å²) in [4.78, 5) is 11.9. The van der Waals surface area contributed by atoms with Gasteiger partial charge in [0.25, 0.3) is 0 Å². The van der Waals surface area contributed by atoms with Crippen LogP contribution in [0.1, 0.15) is 74.4 Å². The molecule has 138 valence electrons. The number of phenolic OH excluding ortho intramolecular Hbond substituents is 1. The second-order valence-corrected chi connectivity index (χ2v) is 8.55. The summed E-state index contributed by atoms with van der Waals surface area (Å²) < 4.78 is 5.78. The molecule has 2 aliphatic rings. The van der Waals surface area contributed by atoms with Crippen LogP contribution >= 0.6 is 0 Å². The molecule has 0 bridgehead atoms. The summed E-state index contributed by atoms with van der Waals surface area (Å²) in [6.07, 6.45) is 2.53. The Bertz CT molecular complexity index is 696. The summed E-state index contributed by atoms with van der Waals surface area (Å²) in [5.41, 5.74) is 1.03. The molecule has 3 rings (SSSR count). The fourth-order valence-electron chi connectivity index (χ4n) is 5.21. The molecule has 1 aliphatic heterocycles. The first-order valence-electron chi connectivity index (χ1n) is 8.98. The predicted molar refractivity (Wildman–Crippen MR) is 94.1 cm³/mol. The third-order valence-corrected chi connectivity index (χ3v) is 6.39. The lowest BCUT2D eigenvalue weighted by atomic mass is 9.52. The molecular formula is C20H28O5. The molecule has 3 N–H and O–H groups in total. The molecule has 5 heteroatoms. The molecule has 1 saturated carbocycles. The number of benzene rings is 1. The molecule has 0 amide bonds. The zero-order valence-electron chi connectivity index (χ0n) is 15.4. The largest absolute Gasteiger partial charge is 0.504 e. The van der Waals surface area contributed by atoms with Crippen molar-refractivity contribution >= 4 is 6.29 Å². The van der Waals surface area contributed by atoms with Gasteiger partial charge < -0.3 is 20.1 Å². The molecule has 4 atom stereocenters. The van der Waals surface area contributed by atoms with Crippen LogP contribution in [0.3, 0.4) is 0 Å². The van der Waals surface area contributed by atoms with Crippen LogP contribution in [0.2, 0.25) is 0 Å². The monoisotopic (exact) mass is 348 g/mol. The number of fused-ring (bicyclic) bond motifs is 3. The van der Waals surface area contributed by atoms with Crippen molar-refractivity contribution in [3.05, 3.63) is 22.8 Å². The number of aldehydes is 1. The maximum absolute atomic E-state index is 11.9. The Morgan fingerprint density at radius 3 is 2.64 bits per heavy atom. The van der Waals surface area contributed by atoms with Crippen molar-refractivity contribution in [1.82, 2.24) is 0 Å². The number of carbonyl (C=O) groups is 1. The van der Waals surface area contributed by atoms with E-state index in [2.05, 4.69) is 20.8 Å². The van der Waals surface area contributed by atoms with Crippen molar-refractivity contribution < 1.29 is 24.9 Å². The number of rotatable bonds is 3. The maximum atomic E-state index is 11.9. The van der Waals surface area contributed by atoms with E-state index in [4.69, 9.17) is 4.74 Å². The third-order valence-electron chi connectivity index (χ3n) is 6.39. The van der Waals surface area contributed by atoms with E-state index < -0.39 is 11.7 Å². The number of phenols is 1. The SMILES string of the molecule is CC(CO)c1cc(C=O)c2c(c1O)O[C@H](O)[C@H]1C(C)(C)CCC[C@]21C. The quantitative estimate of drug-likeness (QED) is 0.731. The van der Waals surface area contributed by atoms with Gasteiger partial charge >= 0.3 is 0 Å². The van der Waals surface area contributed by atoms with Crippen molar-refractivity contribution in [2.24, 2.45) is 11.3 Å². The highest BCUT2D eigenvalue weighted by Gasteiger charge is 2.56. The van der Waals surface area contributed by atoms with Crippen LogP contribution in [0, 0.1) is 11.3 Å². The average molecular weight is 348 g/mol. The number of hydrogen-bond acceptors (Lipinski definition) is 5. The van der Waals surface area contributed by atoms with Crippen molar-refractivity contribution in [3.8, 4) is 11.5 Å². The molecule has 0 radical (unpaired) electrons. The van der Waals surface area contributed by atoms with Gasteiger partial charge in [0.1, 0.15) is 0 Å². The Morgan fingerprint density at radius 2 is 2.04 bits per heavy atom. The Morgan fingerprint density at radius 1 is 1.36 bits per heavy atom. The fourth-order valence-corrected chi connectivity index (χ4v) is 5.21. The highest BCUT2D eigenvalue weighted by atomic mass is 16.6. The van der Waals surface area contributed by atoms with Crippen LogP contribution in [0.25, 0.3) is 0 Å². The minimum Gasteiger partial charge on any atom is -0.504 e. The van der Waals surface area contributed by atoms with Crippen LogP contribution in [-0.2, 0) is 5.41 Å². The summed E-state index contributed by atoms with van der Waals surface area (Å²) in [7, 11) is 0. The van der Waals surface area contributed by atoms with Crippen molar-refractivity contribution in [2.75, 3.05) is 6.61 Å². The van der Waals surface area contributed by atoms with Crippen molar-refractivity contribution in [3.63, 3.8) is 0 Å². The van der Waals surface area contributed by atoms with Crippen LogP contribution < -0.4 is 4.74 Å². The van der Waals surface area contributed by atoms with Gasteiger partial charge in [-0.2, -0.15) is 0 Å². The fraction of sp³-hybridized carbons (Fsp3) is 0.650. The van der Waals surface area contributed by atoms with Gasteiger partial charge in [0, 0.05) is 40.5 Å². The van der Waals surface area contributed by atoms with Crippen LogP contribution in [0.5, 0.6) is 11.5 Å². The third kappa shape index (κ3) is 2.56. The lowest BCUT2D eigenvalue weighted by Crippen LogP contribution is -2.55. The van der Waals surface area contributed by atoms with Gasteiger partial charge in [-0.15, -0.1) is 0 Å². The standard InChI is InChI=1S/C20H28O5/c1-11(9-21)13-8-12(10-22)14-16(15(13)23)25-18(24)17-19(2,3)6-5-7-20(14,17)4/h8,10-11,17-18,21,23-24H,5-7,9H2,1-4H3/t11?,17-,18-,20+/m0/s1. The molecule has 0 spiro atoms. The second kappa shape index (κ2) is 5.99. The number of carbonyl (C=O) groups excluding carboxylic acids is 1. The van der Waals surface area contributed by atoms with Gasteiger partial charge in [-0.25, -0.2) is 0 Å². The average Bonchev–Trinajstić information content (AvgIpc) is 2.54. The second-order valence-electron chi connectivity index (χ2n) is 8.55. The first kappa shape index (κ1) is 18.2. The Hall–Kier alpha value is -1.59. The minimum absolute atomic E-state index is 0.0794. The highest BCUT2D eigenvalue weighted by molar-refractivity contribution is 5.82. The number of ether oxygens (including phenoxy) is 1. The van der Waals surface area contributed by atoms with E-state index in [9.17, 15) is 20.1 Å². The zero-order valence-corrected chi connectivity index (χ0v) is 15.4. The van der Waals surface area contributed by atoms with Gasteiger partial charge in [0.15, 0.2) is 17.8 Å². The molecule has 1 fully saturated rings. The lowest BCUT2D eigenvalue weighted by Gasteiger charge is -2.55. The molecule has 1 unspecified atom stereocenters. The number of aliphatic hydroxyl groups excluding tert-OH is 2. The molecule has 1 aromatic carbocycles. The van der Waals surface area contributed by atoms with E-state index in [1.807, 2.05) is 0 Å². The smallest absolute Gasteiger partial charge is 0.201 e. The summed E-state index contributed by atoms with van der Waals surface area (Å²) in [6.45, 7) is 7.92.